The number of aliphatic hydroxyl groups excluding tert-OH is 1. The molecule has 0 spiro atoms. The Hall–Kier alpha value is -0.940. The highest BCUT2D eigenvalue weighted by Crippen LogP contribution is 2.23. The summed E-state index contributed by atoms with van der Waals surface area (Å²) in [7, 11) is 0. The molecule has 0 radical (unpaired) electrons. The fourth-order valence-corrected chi connectivity index (χ4v) is 1.87. The number of hydrogen-bond donors (Lipinski definition) is 1. The summed E-state index contributed by atoms with van der Waals surface area (Å²) < 4.78 is 0.731. The van der Waals surface area contributed by atoms with Gasteiger partial charge in [-0.3, -0.25) is 9.69 Å². The highest BCUT2D eigenvalue weighted by atomic mass is 79.9. The van der Waals surface area contributed by atoms with Gasteiger partial charge in [0.15, 0.2) is 0 Å². The van der Waals surface area contributed by atoms with Crippen LogP contribution in [0.1, 0.15) is 12.0 Å². The molecule has 0 aliphatic carbocycles. The first-order valence-corrected chi connectivity index (χ1v) is 5.49. The van der Waals surface area contributed by atoms with E-state index in [1.165, 1.54) is 4.90 Å². The van der Waals surface area contributed by atoms with Crippen molar-refractivity contribution in [3.63, 3.8) is 0 Å². The van der Waals surface area contributed by atoms with E-state index in [0.717, 1.165) is 10.2 Å². The van der Waals surface area contributed by atoms with E-state index in [-0.39, 0.29) is 12.3 Å². The van der Waals surface area contributed by atoms with Crippen LogP contribution in [0.5, 0.6) is 0 Å². The van der Waals surface area contributed by atoms with E-state index >= 15 is 0 Å². The number of aryl methyl sites for hydroxylation is 1. The Balaban J connectivity index is 2.30. The van der Waals surface area contributed by atoms with Crippen molar-refractivity contribution in [1.82, 2.24) is 4.98 Å². The van der Waals surface area contributed by atoms with Gasteiger partial charge in [-0.25, -0.2) is 4.98 Å². The maximum absolute atomic E-state index is 11.5. The van der Waals surface area contributed by atoms with E-state index < -0.39 is 6.10 Å². The molecule has 2 heterocycles. The summed E-state index contributed by atoms with van der Waals surface area (Å²) in [5, 5.41) is 9.35. The molecule has 1 aromatic heterocycles. The second kappa shape index (κ2) is 3.90. The van der Waals surface area contributed by atoms with E-state index in [1.807, 2.05) is 13.0 Å². The zero-order valence-electron chi connectivity index (χ0n) is 8.27. The number of β-amino-alcohol motifs (C(OH)–C–C–N with tert-alkyl or cyclic N) is 1. The third kappa shape index (κ3) is 2.03. The van der Waals surface area contributed by atoms with Gasteiger partial charge in [0.1, 0.15) is 10.4 Å². The Morgan fingerprint density at radius 2 is 2.33 bits per heavy atom. The van der Waals surface area contributed by atoms with Gasteiger partial charge in [-0.15, -0.1) is 0 Å². The Bertz CT molecular complexity index is 408. The van der Waals surface area contributed by atoms with Gasteiger partial charge in [0, 0.05) is 0 Å². The van der Waals surface area contributed by atoms with Gasteiger partial charge in [0.05, 0.1) is 19.1 Å². The first kappa shape index (κ1) is 10.6. The van der Waals surface area contributed by atoms with Crippen LogP contribution in [0.25, 0.3) is 0 Å². The molecule has 4 nitrogen and oxygen atoms in total. The molecule has 0 bridgehead atoms. The molecule has 1 aromatic rings. The molecule has 15 heavy (non-hydrogen) atoms. The maximum atomic E-state index is 11.5. The summed E-state index contributed by atoms with van der Waals surface area (Å²) in [4.78, 5) is 17.3. The van der Waals surface area contributed by atoms with E-state index in [0.29, 0.717) is 12.4 Å². The number of carbonyl (C=O) groups is 1. The Morgan fingerprint density at radius 3 is 2.87 bits per heavy atom. The molecule has 80 valence electrons. The van der Waals surface area contributed by atoms with Crippen molar-refractivity contribution >= 4 is 27.7 Å². The summed E-state index contributed by atoms with van der Waals surface area (Å²) in [5.74, 6) is 0.514. The summed E-state index contributed by atoms with van der Waals surface area (Å²) in [6.45, 7) is 2.27. The number of amides is 1. The number of hydrogen-bond acceptors (Lipinski definition) is 3. The molecule has 1 amide bonds. The SMILES string of the molecule is Cc1ccc(N2CC(O)CC2=O)nc1Br. The smallest absolute Gasteiger partial charge is 0.230 e. The molecular weight excluding hydrogens is 260 g/mol. The number of nitrogens with zero attached hydrogens (tertiary/aromatic N) is 2. The monoisotopic (exact) mass is 270 g/mol. The molecule has 1 saturated heterocycles. The van der Waals surface area contributed by atoms with E-state index in [2.05, 4.69) is 20.9 Å². The number of carbonyl (C=O) groups excluding carboxylic acids is 1. The fraction of sp³-hybridized carbons (Fsp3) is 0.400. The lowest BCUT2D eigenvalue weighted by molar-refractivity contribution is -0.117. The molecule has 1 aliphatic heterocycles. The highest BCUT2D eigenvalue weighted by Gasteiger charge is 2.29. The summed E-state index contributed by atoms with van der Waals surface area (Å²) >= 11 is 3.32. The average molecular weight is 271 g/mol. The summed E-state index contributed by atoms with van der Waals surface area (Å²) in [6.07, 6.45) is -0.382. The Morgan fingerprint density at radius 1 is 1.60 bits per heavy atom. The van der Waals surface area contributed by atoms with Crippen LogP contribution in [0.2, 0.25) is 0 Å². The molecule has 1 N–H and O–H groups in total. The molecule has 0 aromatic carbocycles. The number of halogens is 1. The average Bonchev–Trinajstić information content (AvgIpc) is 2.50. The lowest BCUT2D eigenvalue weighted by atomic mass is 10.3. The molecule has 1 fully saturated rings. The van der Waals surface area contributed by atoms with Crippen LogP contribution in [0, 0.1) is 6.92 Å². The van der Waals surface area contributed by atoms with E-state index in [1.54, 1.807) is 6.07 Å². The normalized spacial score (nSPS) is 21.1. The summed E-state index contributed by atoms with van der Waals surface area (Å²) in [6, 6.07) is 3.68. The Kier molecular flexibility index (Phi) is 2.75. The molecule has 5 heteroatoms. The molecule has 0 saturated carbocycles. The van der Waals surface area contributed by atoms with Gasteiger partial charge in [-0.2, -0.15) is 0 Å². The van der Waals surface area contributed by atoms with Crippen molar-refractivity contribution in [2.75, 3.05) is 11.4 Å². The van der Waals surface area contributed by atoms with Crippen molar-refractivity contribution in [1.29, 1.82) is 0 Å². The van der Waals surface area contributed by atoms with E-state index in [4.69, 9.17) is 0 Å². The third-order valence-corrected chi connectivity index (χ3v) is 3.20. The second-order valence-electron chi connectivity index (χ2n) is 3.64. The van der Waals surface area contributed by atoms with Gasteiger partial charge in [-0.05, 0) is 34.5 Å². The highest BCUT2D eigenvalue weighted by molar-refractivity contribution is 9.10. The number of aromatic nitrogens is 1. The third-order valence-electron chi connectivity index (χ3n) is 2.40. The van der Waals surface area contributed by atoms with Crippen LogP contribution < -0.4 is 4.90 Å². The first-order chi connectivity index (χ1) is 7.08. The van der Waals surface area contributed by atoms with Crippen molar-refractivity contribution in [3.8, 4) is 0 Å². The van der Waals surface area contributed by atoms with Gasteiger partial charge in [0.2, 0.25) is 5.91 Å². The van der Waals surface area contributed by atoms with Crippen LogP contribution >= 0.6 is 15.9 Å². The molecule has 1 unspecified atom stereocenters. The standard InChI is InChI=1S/C10H11BrN2O2/c1-6-2-3-8(12-10(6)11)13-5-7(14)4-9(13)15/h2-3,7,14H,4-5H2,1H3. The predicted octanol–water partition coefficient (Wildman–Crippen LogP) is 1.25. The van der Waals surface area contributed by atoms with Crippen LogP contribution in [-0.4, -0.2) is 28.6 Å². The topological polar surface area (TPSA) is 53.4 Å². The molecular formula is C10H11BrN2O2. The van der Waals surface area contributed by atoms with Gasteiger partial charge in [-0.1, -0.05) is 6.07 Å². The van der Waals surface area contributed by atoms with Gasteiger partial charge >= 0.3 is 0 Å². The van der Waals surface area contributed by atoms with Gasteiger partial charge < -0.3 is 5.11 Å². The lowest BCUT2D eigenvalue weighted by Gasteiger charge is -2.15. The Labute approximate surface area is 96.1 Å². The van der Waals surface area contributed by atoms with Crippen LogP contribution in [-0.2, 0) is 4.79 Å². The minimum absolute atomic E-state index is 0.0780. The minimum Gasteiger partial charge on any atom is -0.391 e. The van der Waals surface area contributed by atoms with E-state index in [9.17, 15) is 9.90 Å². The quantitative estimate of drug-likeness (QED) is 0.782. The largest absolute Gasteiger partial charge is 0.391 e. The zero-order valence-corrected chi connectivity index (χ0v) is 9.86. The van der Waals surface area contributed by atoms with Crippen molar-refractivity contribution in [2.24, 2.45) is 0 Å². The first-order valence-electron chi connectivity index (χ1n) is 4.69. The van der Waals surface area contributed by atoms with Crippen molar-refractivity contribution in [2.45, 2.75) is 19.4 Å². The molecule has 1 aliphatic rings. The number of aliphatic hydroxyl groups is 1. The van der Waals surface area contributed by atoms with Gasteiger partial charge in [0.25, 0.3) is 0 Å². The van der Waals surface area contributed by atoms with Crippen LogP contribution in [0.4, 0.5) is 5.82 Å². The summed E-state index contributed by atoms with van der Waals surface area (Å²) in [5.41, 5.74) is 1.02. The molecule has 2 rings (SSSR count). The number of rotatable bonds is 1. The molecule has 1 atom stereocenters. The number of pyridine rings is 1. The van der Waals surface area contributed by atoms with Crippen LogP contribution in [0.15, 0.2) is 16.7 Å². The predicted molar refractivity (Wildman–Crippen MR) is 59.7 cm³/mol. The lowest BCUT2D eigenvalue weighted by Crippen LogP contribution is -2.26. The van der Waals surface area contributed by atoms with Crippen molar-refractivity contribution in [3.05, 3.63) is 22.3 Å². The maximum Gasteiger partial charge on any atom is 0.230 e. The second-order valence-corrected chi connectivity index (χ2v) is 4.39. The number of anilines is 1. The fourth-order valence-electron chi connectivity index (χ4n) is 1.55. The van der Waals surface area contributed by atoms with Crippen molar-refractivity contribution < 1.29 is 9.90 Å². The van der Waals surface area contributed by atoms with Crippen LogP contribution in [0.3, 0.4) is 0 Å². The minimum atomic E-state index is -0.570. The zero-order chi connectivity index (χ0) is 11.0.